The van der Waals surface area contributed by atoms with Gasteiger partial charge in [0.2, 0.25) is 5.91 Å². The molecule has 144 valence electrons. The Kier molecular flexibility index (Phi) is 6.14. The molecule has 0 N–H and O–H groups in total. The SMILES string of the molecule is COCCN1CC2(CCCN(c3ccc(CN(C)C)cn3)C2)CCC1=O. The number of amides is 1. The molecule has 0 aliphatic carbocycles. The lowest BCUT2D eigenvalue weighted by Gasteiger charge is -2.48. The molecule has 1 spiro atoms. The van der Waals surface area contributed by atoms with E-state index in [-0.39, 0.29) is 11.3 Å². The highest BCUT2D eigenvalue weighted by atomic mass is 16.5. The summed E-state index contributed by atoms with van der Waals surface area (Å²) in [5.74, 6) is 1.34. The third-order valence-corrected chi connectivity index (χ3v) is 5.61. The van der Waals surface area contributed by atoms with Crippen molar-refractivity contribution in [1.82, 2.24) is 14.8 Å². The van der Waals surface area contributed by atoms with Crippen molar-refractivity contribution in [3.63, 3.8) is 0 Å². The van der Waals surface area contributed by atoms with Gasteiger partial charge in [0.05, 0.1) is 6.61 Å². The molecule has 1 amide bonds. The van der Waals surface area contributed by atoms with Gasteiger partial charge in [-0.1, -0.05) is 6.07 Å². The Morgan fingerprint density at radius 1 is 1.27 bits per heavy atom. The normalized spacial score (nSPS) is 23.9. The Bertz CT molecular complexity index is 604. The van der Waals surface area contributed by atoms with Crippen molar-refractivity contribution in [1.29, 1.82) is 0 Å². The maximum absolute atomic E-state index is 12.2. The number of piperidine rings is 2. The monoisotopic (exact) mass is 360 g/mol. The fourth-order valence-corrected chi connectivity index (χ4v) is 4.31. The van der Waals surface area contributed by atoms with Crippen molar-refractivity contribution >= 4 is 11.7 Å². The molecule has 2 aliphatic heterocycles. The van der Waals surface area contributed by atoms with Crippen LogP contribution in [-0.4, -0.2) is 74.7 Å². The fraction of sp³-hybridized carbons (Fsp3) is 0.700. The molecule has 6 heteroatoms. The minimum absolute atomic E-state index is 0.198. The standard InChI is InChI=1S/C20H32N4O2/c1-22(2)14-17-5-6-18(21-13-17)23-10-4-8-20(15-23)9-7-19(25)24(16-20)11-12-26-3/h5-6,13H,4,7-12,14-16H2,1-3H3. The number of pyridine rings is 1. The van der Waals surface area contributed by atoms with Crippen molar-refractivity contribution in [2.75, 3.05) is 58.9 Å². The molecule has 0 aromatic carbocycles. The smallest absolute Gasteiger partial charge is 0.222 e. The molecule has 0 radical (unpaired) electrons. The number of nitrogens with zero attached hydrogens (tertiary/aromatic N) is 4. The first-order chi connectivity index (χ1) is 12.5. The highest BCUT2D eigenvalue weighted by Gasteiger charge is 2.41. The van der Waals surface area contributed by atoms with Crippen LogP contribution in [0.5, 0.6) is 0 Å². The van der Waals surface area contributed by atoms with Crippen LogP contribution in [0.3, 0.4) is 0 Å². The van der Waals surface area contributed by atoms with E-state index in [9.17, 15) is 4.79 Å². The minimum Gasteiger partial charge on any atom is -0.383 e. The molecule has 1 aromatic heterocycles. The maximum atomic E-state index is 12.2. The van der Waals surface area contributed by atoms with Crippen molar-refractivity contribution in [2.45, 2.75) is 32.2 Å². The number of aromatic nitrogens is 1. The summed E-state index contributed by atoms with van der Waals surface area (Å²) >= 11 is 0. The van der Waals surface area contributed by atoms with Gasteiger partial charge < -0.3 is 19.4 Å². The van der Waals surface area contributed by atoms with Gasteiger partial charge in [-0.15, -0.1) is 0 Å². The quantitative estimate of drug-likeness (QED) is 0.777. The Balaban J connectivity index is 1.67. The zero-order valence-corrected chi connectivity index (χ0v) is 16.4. The van der Waals surface area contributed by atoms with E-state index in [1.807, 2.05) is 11.1 Å². The van der Waals surface area contributed by atoms with Crippen molar-refractivity contribution < 1.29 is 9.53 Å². The lowest BCUT2D eigenvalue weighted by atomic mass is 9.73. The van der Waals surface area contributed by atoms with Crippen LogP contribution in [0.1, 0.15) is 31.2 Å². The van der Waals surface area contributed by atoms with Crippen LogP contribution < -0.4 is 4.90 Å². The largest absolute Gasteiger partial charge is 0.383 e. The van der Waals surface area contributed by atoms with Gasteiger partial charge in [-0.3, -0.25) is 4.79 Å². The average Bonchev–Trinajstić information content (AvgIpc) is 2.63. The van der Waals surface area contributed by atoms with Crippen LogP contribution >= 0.6 is 0 Å². The zero-order chi connectivity index (χ0) is 18.6. The summed E-state index contributed by atoms with van der Waals surface area (Å²) in [4.78, 5) is 23.5. The Hall–Kier alpha value is -1.66. The number of carbonyl (C=O) groups is 1. The summed E-state index contributed by atoms with van der Waals surface area (Å²) < 4.78 is 5.18. The van der Waals surface area contributed by atoms with Crippen molar-refractivity contribution in [3.05, 3.63) is 23.9 Å². The molecule has 6 nitrogen and oxygen atoms in total. The molecule has 2 fully saturated rings. The first kappa shape index (κ1) is 19.1. The first-order valence-corrected chi connectivity index (χ1v) is 9.63. The van der Waals surface area contributed by atoms with E-state index in [0.717, 1.165) is 44.8 Å². The summed E-state index contributed by atoms with van der Waals surface area (Å²) in [6.07, 6.45) is 6.00. The summed E-state index contributed by atoms with van der Waals surface area (Å²) in [7, 11) is 5.84. The number of likely N-dealkylation sites (tertiary alicyclic amines) is 1. The van der Waals surface area contributed by atoms with Crippen molar-refractivity contribution in [3.8, 4) is 0 Å². The molecule has 0 saturated carbocycles. The van der Waals surface area contributed by atoms with Crippen LogP contribution in [-0.2, 0) is 16.1 Å². The van der Waals surface area contributed by atoms with Crippen LogP contribution in [0.4, 0.5) is 5.82 Å². The molecule has 0 bridgehead atoms. The molecular formula is C20H32N4O2. The topological polar surface area (TPSA) is 48.9 Å². The van der Waals surface area contributed by atoms with E-state index < -0.39 is 0 Å². The lowest BCUT2D eigenvalue weighted by molar-refractivity contribution is -0.138. The molecule has 1 atom stereocenters. The first-order valence-electron chi connectivity index (χ1n) is 9.63. The highest BCUT2D eigenvalue weighted by Crippen LogP contribution is 2.39. The van der Waals surface area contributed by atoms with Gasteiger partial charge in [0.1, 0.15) is 5.82 Å². The van der Waals surface area contributed by atoms with Gasteiger partial charge in [-0.25, -0.2) is 4.98 Å². The number of methoxy groups -OCH3 is 1. The third-order valence-electron chi connectivity index (χ3n) is 5.61. The van der Waals surface area contributed by atoms with E-state index in [2.05, 4.69) is 36.0 Å². The number of rotatable bonds is 6. The molecule has 2 aliphatic rings. The van der Waals surface area contributed by atoms with E-state index in [1.165, 1.54) is 12.0 Å². The molecule has 26 heavy (non-hydrogen) atoms. The lowest BCUT2D eigenvalue weighted by Crippen LogP contribution is -2.54. The van der Waals surface area contributed by atoms with E-state index >= 15 is 0 Å². The van der Waals surface area contributed by atoms with Gasteiger partial charge in [0, 0.05) is 57.9 Å². The Morgan fingerprint density at radius 3 is 2.81 bits per heavy atom. The van der Waals surface area contributed by atoms with Crippen LogP contribution in [0, 0.1) is 5.41 Å². The van der Waals surface area contributed by atoms with E-state index in [1.54, 1.807) is 7.11 Å². The second kappa shape index (κ2) is 8.35. The van der Waals surface area contributed by atoms with E-state index in [4.69, 9.17) is 9.72 Å². The number of hydrogen-bond acceptors (Lipinski definition) is 5. The number of anilines is 1. The molecular weight excluding hydrogens is 328 g/mol. The maximum Gasteiger partial charge on any atom is 0.222 e. The number of carbonyl (C=O) groups excluding carboxylic acids is 1. The predicted octanol–water partition coefficient (Wildman–Crippen LogP) is 2.00. The highest BCUT2D eigenvalue weighted by molar-refractivity contribution is 5.77. The molecule has 3 heterocycles. The number of hydrogen-bond donors (Lipinski definition) is 0. The van der Waals surface area contributed by atoms with Gasteiger partial charge in [-0.05, 0) is 45.0 Å². The molecule has 3 rings (SSSR count). The van der Waals surface area contributed by atoms with Gasteiger partial charge in [0.15, 0.2) is 0 Å². The second-order valence-electron chi connectivity index (χ2n) is 8.10. The Morgan fingerprint density at radius 2 is 2.12 bits per heavy atom. The summed E-state index contributed by atoms with van der Waals surface area (Å²) in [6, 6.07) is 4.33. The van der Waals surface area contributed by atoms with Gasteiger partial charge in [-0.2, -0.15) is 0 Å². The van der Waals surface area contributed by atoms with Crippen molar-refractivity contribution in [2.24, 2.45) is 5.41 Å². The zero-order valence-electron chi connectivity index (χ0n) is 16.4. The van der Waals surface area contributed by atoms with E-state index in [0.29, 0.717) is 19.6 Å². The van der Waals surface area contributed by atoms with Gasteiger partial charge in [0.25, 0.3) is 0 Å². The van der Waals surface area contributed by atoms with Gasteiger partial charge >= 0.3 is 0 Å². The fourth-order valence-electron chi connectivity index (χ4n) is 4.31. The number of ether oxygens (including phenoxy) is 1. The second-order valence-corrected chi connectivity index (χ2v) is 8.10. The minimum atomic E-state index is 0.198. The molecule has 1 aromatic rings. The molecule has 1 unspecified atom stereocenters. The predicted molar refractivity (Wildman–Crippen MR) is 103 cm³/mol. The van der Waals surface area contributed by atoms with Crippen LogP contribution in [0.25, 0.3) is 0 Å². The summed E-state index contributed by atoms with van der Waals surface area (Å²) in [6.45, 7) is 5.12. The third kappa shape index (κ3) is 4.54. The molecule has 2 saturated heterocycles. The summed E-state index contributed by atoms with van der Waals surface area (Å²) in [5, 5.41) is 0. The Labute approximate surface area is 157 Å². The van der Waals surface area contributed by atoms with Crippen LogP contribution in [0.2, 0.25) is 0 Å². The van der Waals surface area contributed by atoms with Crippen LogP contribution in [0.15, 0.2) is 18.3 Å². The average molecular weight is 361 g/mol. The summed E-state index contributed by atoms with van der Waals surface area (Å²) in [5.41, 5.74) is 1.43.